The van der Waals surface area contributed by atoms with E-state index in [0.29, 0.717) is 11.5 Å². The maximum absolute atomic E-state index is 10.0. The van der Waals surface area contributed by atoms with Gasteiger partial charge in [0.05, 0.1) is 6.61 Å². The van der Waals surface area contributed by atoms with E-state index in [1.165, 1.54) is 19.3 Å². The first kappa shape index (κ1) is 22.7. The lowest BCUT2D eigenvalue weighted by Crippen LogP contribution is -2.06. The Morgan fingerprint density at radius 1 is 0.677 bits per heavy atom. The summed E-state index contributed by atoms with van der Waals surface area (Å²) in [5.74, 6) is 1.53. The molecule has 3 nitrogen and oxygen atoms in total. The number of hydrogen-bond acceptors (Lipinski definition) is 3. The van der Waals surface area contributed by atoms with Crippen molar-refractivity contribution >= 4 is 0 Å². The van der Waals surface area contributed by atoms with E-state index in [2.05, 4.69) is 32.0 Å². The molecule has 31 heavy (non-hydrogen) atoms. The molecule has 3 aromatic rings. The second-order valence-corrected chi connectivity index (χ2v) is 8.46. The average molecular weight is 419 g/mol. The van der Waals surface area contributed by atoms with Crippen molar-refractivity contribution in [2.24, 2.45) is 0 Å². The van der Waals surface area contributed by atoms with Gasteiger partial charge in [0, 0.05) is 5.92 Å². The van der Waals surface area contributed by atoms with Crippen LogP contribution in [0.4, 0.5) is 0 Å². The molecule has 3 aromatic carbocycles. The Kier molecular flexibility index (Phi) is 7.62. The highest BCUT2D eigenvalue weighted by Gasteiger charge is 2.19. The van der Waals surface area contributed by atoms with Gasteiger partial charge in [-0.2, -0.15) is 0 Å². The third-order valence-corrected chi connectivity index (χ3v) is 5.90. The van der Waals surface area contributed by atoms with Crippen LogP contribution in [0.3, 0.4) is 0 Å². The number of benzene rings is 3. The molecular formula is C28H34O3. The van der Waals surface area contributed by atoms with Crippen LogP contribution in [0.5, 0.6) is 17.2 Å². The summed E-state index contributed by atoms with van der Waals surface area (Å²) in [6.45, 7) is 8.88. The van der Waals surface area contributed by atoms with Crippen LogP contribution in [0.1, 0.15) is 71.9 Å². The largest absolute Gasteiger partial charge is 0.508 e. The minimum absolute atomic E-state index is 0.00379. The van der Waals surface area contributed by atoms with Crippen molar-refractivity contribution in [1.29, 1.82) is 0 Å². The molecule has 0 amide bonds. The maximum Gasteiger partial charge on any atom is 0.122 e. The minimum atomic E-state index is -0.00379. The summed E-state index contributed by atoms with van der Waals surface area (Å²) in [7, 11) is 0. The zero-order valence-electron chi connectivity index (χ0n) is 19.1. The molecule has 0 unspecified atom stereocenters. The van der Waals surface area contributed by atoms with Gasteiger partial charge in [-0.1, -0.05) is 62.6 Å². The lowest BCUT2D eigenvalue weighted by molar-refractivity contribution is 0.303. The molecule has 0 aliphatic rings. The standard InChI is InChI=1S/C28H34O3/c1-5-6-7-8-15-31-27-14-11-24(18-21(27)4)28(22-9-12-25(29)19(2)16-22)23-10-13-26(30)20(3)17-23/h9-14,16-18,28-30H,5-8,15H2,1-4H3. The van der Waals surface area contributed by atoms with Gasteiger partial charge in [0.25, 0.3) is 0 Å². The van der Waals surface area contributed by atoms with Crippen LogP contribution in [0, 0.1) is 20.8 Å². The molecule has 164 valence electrons. The quantitative estimate of drug-likeness (QED) is 0.286. The molecule has 0 bridgehead atoms. The summed E-state index contributed by atoms with van der Waals surface area (Å²) in [6, 6.07) is 17.9. The van der Waals surface area contributed by atoms with Gasteiger partial charge in [-0.05, 0) is 78.8 Å². The molecule has 0 saturated heterocycles. The fraction of sp³-hybridized carbons (Fsp3) is 0.357. The van der Waals surface area contributed by atoms with Gasteiger partial charge in [0.2, 0.25) is 0 Å². The van der Waals surface area contributed by atoms with Crippen LogP contribution in [0.25, 0.3) is 0 Å². The van der Waals surface area contributed by atoms with Gasteiger partial charge in [-0.15, -0.1) is 0 Å². The fourth-order valence-electron chi connectivity index (χ4n) is 4.02. The zero-order valence-corrected chi connectivity index (χ0v) is 19.1. The van der Waals surface area contributed by atoms with Gasteiger partial charge >= 0.3 is 0 Å². The number of unbranched alkanes of at least 4 members (excludes halogenated alkanes) is 3. The first-order chi connectivity index (χ1) is 14.9. The van der Waals surface area contributed by atoms with E-state index in [1.807, 2.05) is 38.1 Å². The molecule has 0 aliphatic heterocycles. The summed E-state index contributed by atoms with van der Waals surface area (Å²) >= 11 is 0. The van der Waals surface area contributed by atoms with Crippen molar-refractivity contribution in [1.82, 2.24) is 0 Å². The van der Waals surface area contributed by atoms with Gasteiger partial charge in [-0.3, -0.25) is 0 Å². The van der Waals surface area contributed by atoms with E-state index in [9.17, 15) is 10.2 Å². The van der Waals surface area contributed by atoms with Crippen molar-refractivity contribution < 1.29 is 14.9 Å². The van der Waals surface area contributed by atoms with Crippen LogP contribution >= 0.6 is 0 Å². The van der Waals surface area contributed by atoms with E-state index in [1.54, 1.807) is 12.1 Å². The van der Waals surface area contributed by atoms with Crippen molar-refractivity contribution in [3.05, 3.63) is 88.0 Å². The lowest BCUT2D eigenvalue weighted by Gasteiger charge is -2.22. The molecule has 3 rings (SSSR count). The van der Waals surface area contributed by atoms with Crippen molar-refractivity contribution in [3.8, 4) is 17.2 Å². The topological polar surface area (TPSA) is 49.7 Å². The molecular weight excluding hydrogens is 384 g/mol. The number of ether oxygens (including phenoxy) is 1. The smallest absolute Gasteiger partial charge is 0.122 e. The Balaban J connectivity index is 1.94. The predicted octanol–water partition coefficient (Wildman–Crippen LogP) is 7.16. The number of rotatable bonds is 9. The van der Waals surface area contributed by atoms with E-state index in [4.69, 9.17) is 4.74 Å². The van der Waals surface area contributed by atoms with Gasteiger partial charge < -0.3 is 14.9 Å². The average Bonchev–Trinajstić information content (AvgIpc) is 2.74. The SMILES string of the molecule is CCCCCCOc1ccc(C(c2ccc(O)c(C)c2)c2ccc(O)c(C)c2)cc1C. The van der Waals surface area contributed by atoms with Gasteiger partial charge in [0.1, 0.15) is 17.2 Å². The Morgan fingerprint density at radius 2 is 1.19 bits per heavy atom. The minimum Gasteiger partial charge on any atom is -0.508 e. The third kappa shape index (κ3) is 5.61. The molecule has 0 atom stereocenters. The summed E-state index contributed by atoms with van der Waals surface area (Å²) < 4.78 is 6.03. The van der Waals surface area contributed by atoms with E-state index in [-0.39, 0.29) is 5.92 Å². The number of hydrogen-bond donors (Lipinski definition) is 2. The lowest BCUT2D eigenvalue weighted by atomic mass is 9.83. The van der Waals surface area contributed by atoms with Crippen molar-refractivity contribution in [3.63, 3.8) is 0 Å². The summed E-state index contributed by atoms with van der Waals surface area (Å²) in [5.41, 5.74) is 6.18. The van der Waals surface area contributed by atoms with Crippen molar-refractivity contribution in [2.75, 3.05) is 6.61 Å². The third-order valence-electron chi connectivity index (χ3n) is 5.90. The molecule has 3 heteroatoms. The Labute approximate surface area is 186 Å². The van der Waals surface area contributed by atoms with E-state index < -0.39 is 0 Å². The van der Waals surface area contributed by atoms with Crippen LogP contribution in [0.15, 0.2) is 54.6 Å². The number of phenolic OH excluding ortho intramolecular Hbond substituents is 2. The molecule has 0 heterocycles. The number of aryl methyl sites for hydroxylation is 3. The van der Waals surface area contributed by atoms with Crippen molar-refractivity contribution in [2.45, 2.75) is 59.3 Å². The number of phenols is 2. The first-order valence-corrected chi connectivity index (χ1v) is 11.2. The zero-order chi connectivity index (χ0) is 22.4. The Hall–Kier alpha value is -2.94. The Morgan fingerprint density at radius 3 is 1.68 bits per heavy atom. The predicted molar refractivity (Wildman–Crippen MR) is 127 cm³/mol. The molecule has 0 aromatic heterocycles. The van der Waals surface area contributed by atoms with Gasteiger partial charge in [-0.25, -0.2) is 0 Å². The summed E-state index contributed by atoms with van der Waals surface area (Å²) in [5, 5.41) is 20.0. The molecule has 0 saturated carbocycles. The Bertz CT molecular complexity index is 971. The fourth-order valence-corrected chi connectivity index (χ4v) is 4.02. The van der Waals surface area contributed by atoms with Gasteiger partial charge in [0.15, 0.2) is 0 Å². The van der Waals surface area contributed by atoms with E-state index >= 15 is 0 Å². The van der Waals surface area contributed by atoms with Crippen LogP contribution < -0.4 is 4.74 Å². The highest BCUT2D eigenvalue weighted by Crippen LogP contribution is 2.37. The van der Waals surface area contributed by atoms with E-state index in [0.717, 1.165) is 52.2 Å². The highest BCUT2D eigenvalue weighted by molar-refractivity contribution is 5.51. The molecule has 2 N–H and O–H groups in total. The highest BCUT2D eigenvalue weighted by atomic mass is 16.5. The van der Waals surface area contributed by atoms with Crippen LogP contribution in [0.2, 0.25) is 0 Å². The number of aromatic hydroxyl groups is 2. The molecule has 0 radical (unpaired) electrons. The monoisotopic (exact) mass is 418 g/mol. The normalized spacial score (nSPS) is 11.1. The molecule has 0 spiro atoms. The molecule has 0 aliphatic carbocycles. The second-order valence-electron chi connectivity index (χ2n) is 8.46. The molecule has 0 fully saturated rings. The second kappa shape index (κ2) is 10.4. The summed E-state index contributed by atoms with van der Waals surface area (Å²) in [6.07, 6.45) is 4.76. The van der Waals surface area contributed by atoms with Crippen LogP contribution in [-0.2, 0) is 0 Å². The first-order valence-electron chi connectivity index (χ1n) is 11.2. The summed E-state index contributed by atoms with van der Waals surface area (Å²) in [4.78, 5) is 0. The maximum atomic E-state index is 10.0. The van der Waals surface area contributed by atoms with Crippen LogP contribution in [-0.4, -0.2) is 16.8 Å².